The van der Waals surface area contributed by atoms with Gasteiger partial charge in [-0.2, -0.15) is 0 Å². The number of rotatable bonds is 1. The number of aromatic nitrogens is 4. The second-order valence-electron chi connectivity index (χ2n) is 4.97. The van der Waals surface area contributed by atoms with Crippen LogP contribution in [0.25, 0.3) is 11.2 Å². The Labute approximate surface area is 123 Å². The molecule has 0 spiro atoms. The Hall–Kier alpha value is -1.62. The number of aliphatic hydroxyl groups excluding tert-OH is 1. The van der Waals surface area contributed by atoms with Crippen LogP contribution in [0.5, 0.6) is 0 Å². The molecule has 1 unspecified atom stereocenters. The van der Waals surface area contributed by atoms with E-state index in [1.807, 2.05) is 0 Å². The molecule has 2 aromatic heterocycles. The first-order chi connectivity index (χ1) is 10.5. The summed E-state index contributed by atoms with van der Waals surface area (Å²) in [6, 6.07) is 0. The third-order valence-corrected chi connectivity index (χ3v) is 4.61. The molecule has 0 bridgehead atoms. The van der Waals surface area contributed by atoms with Gasteiger partial charge in [0, 0.05) is 0 Å². The van der Waals surface area contributed by atoms with Crippen LogP contribution in [0, 0.1) is 0 Å². The SMILES string of the molecule is [15NH2]c1[15n]c[15n]c2c1[15n]c[15n]2[C@@H]1O[C@@H]2COP(=O)(O)O[C@H]2[C@H]1O. The number of hydrogen-bond donors (Lipinski definition) is 3. The van der Waals surface area contributed by atoms with E-state index in [-0.39, 0.29) is 12.4 Å². The van der Waals surface area contributed by atoms with Crippen molar-refractivity contribution < 1.29 is 28.3 Å². The minimum Gasteiger partial charge on any atom is -0.386 e. The Kier molecular flexibility index (Phi) is 2.98. The van der Waals surface area contributed by atoms with Crippen LogP contribution >= 0.6 is 7.82 Å². The average molecular weight is 334 g/mol. The van der Waals surface area contributed by atoms with E-state index in [2.05, 4.69) is 19.5 Å². The first-order valence-electron chi connectivity index (χ1n) is 6.38. The maximum atomic E-state index is 11.5. The molecule has 22 heavy (non-hydrogen) atoms. The molecule has 118 valence electrons. The summed E-state index contributed by atoms with van der Waals surface area (Å²) in [5, 5.41) is 10.4. The molecule has 2 aliphatic rings. The largest absolute Gasteiger partial charge is 0.472 e. The quantitative estimate of drug-likeness (QED) is 0.445. The minimum atomic E-state index is -4.16. The molecular weight excluding hydrogens is 322 g/mol. The van der Waals surface area contributed by atoms with Crippen LogP contribution in [0.4, 0.5) is 5.82 Å². The van der Waals surface area contributed by atoms with Gasteiger partial charge in [0.15, 0.2) is 17.7 Å². The zero-order valence-corrected chi connectivity index (χ0v) is 11.9. The van der Waals surface area contributed by atoms with Gasteiger partial charge in [-0.1, -0.05) is 0 Å². The summed E-state index contributed by atoms with van der Waals surface area (Å²) in [4.78, 5) is 21.3. The van der Waals surface area contributed by atoms with E-state index in [0.717, 1.165) is 0 Å². The summed E-state index contributed by atoms with van der Waals surface area (Å²) >= 11 is 0. The number of ether oxygens (including phenoxy) is 1. The highest BCUT2D eigenvalue weighted by molar-refractivity contribution is 7.47. The monoisotopic (exact) mass is 334 g/mol. The molecule has 11 nitrogen and oxygen atoms in total. The number of phosphoric ester groups is 1. The molecular formula is C10H12N5O6P. The average Bonchev–Trinajstić information content (AvgIpc) is 3.01. The van der Waals surface area contributed by atoms with Gasteiger partial charge in [0.2, 0.25) is 0 Å². The van der Waals surface area contributed by atoms with Crippen LogP contribution in [-0.4, -0.2) is 54.4 Å². The molecule has 0 radical (unpaired) electrons. The van der Waals surface area contributed by atoms with E-state index in [4.69, 9.17) is 15.0 Å². The van der Waals surface area contributed by atoms with E-state index >= 15 is 0 Å². The van der Waals surface area contributed by atoms with Crippen LogP contribution in [0.3, 0.4) is 0 Å². The summed E-state index contributed by atoms with van der Waals surface area (Å²) in [5.74, 6) is 0.202. The van der Waals surface area contributed by atoms with Gasteiger partial charge in [-0.15, -0.1) is 0 Å². The number of anilines is 1. The second-order valence-corrected chi connectivity index (χ2v) is 6.38. The second kappa shape index (κ2) is 4.69. The van der Waals surface area contributed by atoms with E-state index in [1.165, 1.54) is 17.2 Å². The number of hydrogen-bond acceptors (Lipinski definition) is 9. The van der Waals surface area contributed by atoms with Crippen molar-refractivity contribution >= 4 is 24.8 Å². The van der Waals surface area contributed by atoms with Crippen molar-refractivity contribution in [3.05, 3.63) is 12.7 Å². The highest BCUT2D eigenvalue weighted by Crippen LogP contribution is 2.52. The number of imidazole rings is 1. The van der Waals surface area contributed by atoms with Crippen molar-refractivity contribution in [3.8, 4) is 0 Å². The van der Waals surface area contributed by atoms with Gasteiger partial charge in [-0.05, 0) is 0 Å². The van der Waals surface area contributed by atoms with Gasteiger partial charge in [-0.3, -0.25) is 13.6 Å². The smallest absolute Gasteiger partial charge is 0.386 e. The molecule has 4 rings (SSSR count). The molecule has 2 aliphatic heterocycles. The third kappa shape index (κ3) is 2.02. The van der Waals surface area contributed by atoms with Crippen molar-refractivity contribution in [1.82, 2.24) is 19.5 Å². The Balaban J connectivity index is 1.71. The molecule has 2 saturated heterocycles. The molecule has 0 aliphatic carbocycles. The highest BCUT2D eigenvalue weighted by atomic mass is 31.2. The molecule has 4 heterocycles. The standard InChI is InChI=1S/C10H12N5O6P/c11-8-5-9(13-2-12-8)15(3-14-5)10-6(16)7-4(20-10)1-19-22(17,18)21-7/h2-4,6-7,10,16H,1H2,(H,17,18)(H2,11,12,13)/t4-,6-,7-,10-/m1/s1/i11+1,12+1,13+1,14+1,15+1. The molecule has 12 heteroatoms. The molecule has 0 aromatic carbocycles. The van der Waals surface area contributed by atoms with Gasteiger partial charge >= 0.3 is 7.82 Å². The zero-order valence-electron chi connectivity index (χ0n) is 11.0. The summed E-state index contributed by atoms with van der Waals surface area (Å²) in [6.07, 6.45) is -1.07. The lowest BCUT2D eigenvalue weighted by Gasteiger charge is -2.27. The van der Waals surface area contributed by atoms with Gasteiger partial charge in [0.05, 0.1) is 12.9 Å². The van der Waals surface area contributed by atoms with Crippen LogP contribution in [-0.2, 0) is 18.3 Å². The molecule has 2 aromatic rings. The van der Waals surface area contributed by atoms with Crippen molar-refractivity contribution in [3.63, 3.8) is 0 Å². The van der Waals surface area contributed by atoms with Crippen LogP contribution in [0.15, 0.2) is 12.7 Å². The van der Waals surface area contributed by atoms with Crippen molar-refractivity contribution in [2.45, 2.75) is 24.5 Å². The predicted octanol–water partition coefficient (Wildman–Crippen LogP) is -0.817. The summed E-state index contributed by atoms with van der Waals surface area (Å²) in [6.45, 7) is -0.157. The summed E-state index contributed by atoms with van der Waals surface area (Å²) in [5.41, 5.74) is 6.46. The van der Waals surface area contributed by atoms with E-state index in [9.17, 15) is 14.6 Å². The van der Waals surface area contributed by atoms with Gasteiger partial charge < -0.3 is 20.5 Å². The summed E-state index contributed by atoms with van der Waals surface area (Å²) < 4.78 is 28.2. The molecule has 5 atom stereocenters. The number of nitrogen functional groups attached to an aromatic ring is 1. The Morgan fingerprint density at radius 3 is 3.05 bits per heavy atom. The maximum absolute atomic E-state index is 11.5. The minimum absolute atomic E-state index is 0.157. The number of phosphoric acid groups is 1. The first-order valence-corrected chi connectivity index (χ1v) is 7.88. The predicted molar refractivity (Wildman–Crippen MR) is 70.3 cm³/mol. The third-order valence-electron chi connectivity index (χ3n) is 3.63. The van der Waals surface area contributed by atoms with E-state index < -0.39 is 32.4 Å². The summed E-state index contributed by atoms with van der Waals surface area (Å²) in [7, 11) is -4.16. The Bertz CT molecular complexity index is 782. The normalized spacial score (nSPS) is 38.3. The first kappa shape index (κ1) is 14.0. The maximum Gasteiger partial charge on any atom is 0.472 e. The van der Waals surface area contributed by atoms with Gasteiger partial charge in [-0.25, -0.2) is 19.5 Å². The van der Waals surface area contributed by atoms with E-state index in [1.54, 1.807) is 0 Å². The van der Waals surface area contributed by atoms with Crippen molar-refractivity contribution in [2.75, 3.05) is 12.3 Å². The van der Waals surface area contributed by atoms with Crippen LogP contribution in [0.2, 0.25) is 0 Å². The molecule has 0 saturated carbocycles. The van der Waals surface area contributed by atoms with Crippen LogP contribution < -0.4 is 5.73 Å². The molecule has 0 amide bonds. The fourth-order valence-electron chi connectivity index (χ4n) is 2.62. The molecule has 2 fully saturated rings. The van der Waals surface area contributed by atoms with Crippen LogP contribution in [0.1, 0.15) is 6.23 Å². The fourth-order valence-corrected chi connectivity index (χ4v) is 3.59. The van der Waals surface area contributed by atoms with Crippen molar-refractivity contribution in [2.24, 2.45) is 0 Å². The Morgan fingerprint density at radius 2 is 2.23 bits per heavy atom. The number of nitrogens with two attached hydrogens (primary N) is 1. The van der Waals surface area contributed by atoms with Gasteiger partial charge in [0.1, 0.15) is 30.2 Å². The molecule has 4 N–H and O–H groups in total. The lowest BCUT2D eigenvalue weighted by atomic mass is 10.1. The number of nitrogens with zero attached hydrogens (tertiary/aromatic N) is 4. The topological polar surface area (TPSA) is 155 Å². The zero-order chi connectivity index (χ0) is 15.5. The van der Waals surface area contributed by atoms with E-state index in [0.29, 0.717) is 11.2 Å². The highest BCUT2D eigenvalue weighted by Gasteiger charge is 2.52. The van der Waals surface area contributed by atoms with Gasteiger partial charge in [0.25, 0.3) is 0 Å². The Morgan fingerprint density at radius 1 is 1.41 bits per heavy atom. The number of aliphatic hydroxyl groups is 1. The fraction of sp³-hybridized carbons (Fsp3) is 0.500. The lowest BCUT2D eigenvalue weighted by molar-refractivity contribution is -0.0664. The van der Waals surface area contributed by atoms with Crippen molar-refractivity contribution in [1.29, 1.82) is 0 Å². The lowest BCUT2D eigenvalue weighted by Crippen LogP contribution is -2.39. The number of fused-ring (bicyclic) bond motifs is 2.